The summed E-state index contributed by atoms with van der Waals surface area (Å²) in [4.78, 5) is 20.5. The quantitative estimate of drug-likeness (QED) is 0.460. The van der Waals surface area contributed by atoms with E-state index in [-0.39, 0.29) is 23.6 Å². The maximum absolute atomic E-state index is 12.9. The lowest BCUT2D eigenvalue weighted by atomic mass is 10.0. The van der Waals surface area contributed by atoms with Crippen LogP contribution in [0.4, 0.5) is 0 Å². The van der Waals surface area contributed by atoms with E-state index in [1.165, 1.54) is 7.11 Å². The number of hydrogen-bond acceptors (Lipinski definition) is 6. The van der Waals surface area contributed by atoms with E-state index >= 15 is 0 Å². The normalized spacial score (nSPS) is 12.0. The van der Waals surface area contributed by atoms with Gasteiger partial charge in [-0.15, -0.1) is 5.10 Å². The highest BCUT2D eigenvalue weighted by atomic mass is 32.2. The van der Waals surface area contributed by atoms with Gasteiger partial charge in [-0.05, 0) is 37.0 Å². The van der Waals surface area contributed by atoms with E-state index in [4.69, 9.17) is 4.74 Å². The topological polar surface area (TPSA) is 118 Å². The van der Waals surface area contributed by atoms with Crippen molar-refractivity contribution in [2.45, 2.75) is 51.3 Å². The van der Waals surface area contributed by atoms with Gasteiger partial charge in [-0.3, -0.25) is 4.79 Å². The Labute approximate surface area is 181 Å². The smallest absolute Gasteiger partial charge is 0.277 e. The molecule has 3 aromatic rings. The number of sulfonamides is 1. The van der Waals surface area contributed by atoms with Gasteiger partial charge in [0.05, 0.1) is 17.2 Å². The van der Waals surface area contributed by atoms with Gasteiger partial charge in [-0.1, -0.05) is 26.8 Å². The molecule has 0 aliphatic heterocycles. The predicted octanol–water partition coefficient (Wildman–Crippen LogP) is 2.09. The summed E-state index contributed by atoms with van der Waals surface area (Å²) in [6.45, 7) is 6.40. The minimum atomic E-state index is -3.73. The number of hydrogen-bond donors (Lipinski definition) is 2. The Morgan fingerprint density at radius 2 is 1.97 bits per heavy atom. The lowest BCUT2D eigenvalue weighted by Crippen LogP contribution is -2.27. The molecular weight excluding hydrogens is 418 g/mol. The van der Waals surface area contributed by atoms with Crippen LogP contribution >= 0.6 is 0 Å². The molecule has 2 aromatic heterocycles. The first-order chi connectivity index (χ1) is 14.9. The van der Waals surface area contributed by atoms with Gasteiger partial charge in [-0.25, -0.2) is 22.6 Å². The van der Waals surface area contributed by atoms with Crippen LogP contribution in [0.15, 0.2) is 27.9 Å². The van der Waals surface area contributed by atoms with E-state index in [9.17, 15) is 13.2 Å². The minimum Gasteiger partial charge on any atom is -0.383 e. The summed E-state index contributed by atoms with van der Waals surface area (Å²) in [6.07, 6.45) is 2.83. The summed E-state index contributed by atoms with van der Waals surface area (Å²) in [6, 6.07) is 4.86. The Hall–Kier alpha value is -2.56. The standard InChI is InChI=1S/C21H29N5O4S/c1-5-8-18-23-17(7-3)19-21(27)24-20(25-26(18)19)16-13-15(10-9-14(16)6-2)31(28,29)22-11-12-30-4/h9-10,13,22H,5-8,11-12H2,1-4H3,(H,24,25,27). The number of rotatable bonds is 10. The van der Waals surface area contributed by atoms with Crippen LogP contribution in [0.2, 0.25) is 0 Å². The Morgan fingerprint density at radius 3 is 2.61 bits per heavy atom. The van der Waals surface area contributed by atoms with Gasteiger partial charge in [0.15, 0.2) is 11.3 Å². The summed E-state index contributed by atoms with van der Waals surface area (Å²) in [5.41, 5.74) is 2.32. The third kappa shape index (κ3) is 4.70. The van der Waals surface area contributed by atoms with Crippen molar-refractivity contribution in [3.63, 3.8) is 0 Å². The molecule has 0 saturated carbocycles. The van der Waals surface area contributed by atoms with Gasteiger partial charge < -0.3 is 9.72 Å². The average Bonchev–Trinajstić information content (AvgIpc) is 3.11. The molecule has 168 valence electrons. The van der Waals surface area contributed by atoms with Crippen molar-refractivity contribution in [1.82, 2.24) is 24.3 Å². The number of benzene rings is 1. The van der Waals surface area contributed by atoms with Crippen LogP contribution in [0, 0.1) is 0 Å². The molecule has 0 spiro atoms. The number of H-pyrrole nitrogens is 1. The summed E-state index contributed by atoms with van der Waals surface area (Å²) >= 11 is 0. The van der Waals surface area contributed by atoms with Gasteiger partial charge in [-0.2, -0.15) is 0 Å². The van der Waals surface area contributed by atoms with E-state index in [0.717, 1.165) is 17.8 Å². The van der Waals surface area contributed by atoms with Crippen LogP contribution in [0.3, 0.4) is 0 Å². The van der Waals surface area contributed by atoms with E-state index < -0.39 is 10.0 Å². The Balaban J connectivity index is 2.17. The number of fused-ring (bicyclic) bond motifs is 1. The van der Waals surface area contributed by atoms with Crippen molar-refractivity contribution in [3.8, 4) is 11.4 Å². The lowest BCUT2D eigenvalue weighted by molar-refractivity contribution is 0.204. The highest BCUT2D eigenvalue weighted by Gasteiger charge is 2.20. The van der Waals surface area contributed by atoms with Crippen LogP contribution in [0.1, 0.15) is 44.3 Å². The van der Waals surface area contributed by atoms with Crippen LogP contribution < -0.4 is 10.3 Å². The molecule has 0 fully saturated rings. The third-order valence-corrected chi connectivity index (χ3v) is 6.53. The summed E-state index contributed by atoms with van der Waals surface area (Å²) < 4.78 is 34.4. The number of nitrogens with zero attached hydrogens (tertiary/aromatic N) is 3. The van der Waals surface area contributed by atoms with E-state index in [1.54, 1.807) is 22.7 Å². The monoisotopic (exact) mass is 447 g/mol. The number of aromatic nitrogens is 4. The van der Waals surface area contributed by atoms with E-state index in [2.05, 4.69) is 19.8 Å². The second kappa shape index (κ2) is 9.71. The first-order valence-electron chi connectivity index (χ1n) is 10.5. The van der Waals surface area contributed by atoms with Gasteiger partial charge >= 0.3 is 0 Å². The van der Waals surface area contributed by atoms with Crippen LogP contribution in [0.25, 0.3) is 16.9 Å². The lowest BCUT2D eigenvalue weighted by Gasteiger charge is -2.12. The molecule has 0 saturated heterocycles. The second-order valence-electron chi connectivity index (χ2n) is 7.20. The number of aryl methyl sites for hydroxylation is 3. The molecule has 10 heteroatoms. The zero-order valence-corrected chi connectivity index (χ0v) is 19.2. The fraction of sp³-hybridized carbons (Fsp3) is 0.476. The zero-order valence-electron chi connectivity index (χ0n) is 18.4. The van der Waals surface area contributed by atoms with Crippen molar-refractivity contribution < 1.29 is 13.2 Å². The Kier molecular flexibility index (Phi) is 7.24. The van der Waals surface area contributed by atoms with Crippen molar-refractivity contribution in [1.29, 1.82) is 0 Å². The number of aromatic amines is 1. The SMILES string of the molecule is CCCc1nc(CC)c2c(=O)[nH]c(-c3cc(S(=O)(=O)NCCOC)ccc3CC)nn12. The fourth-order valence-corrected chi connectivity index (χ4v) is 4.54. The molecule has 9 nitrogen and oxygen atoms in total. The first kappa shape index (κ1) is 23.1. The molecule has 2 N–H and O–H groups in total. The molecule has 1 aromatic carbocycles. The minimum absolute atomic E-state index is 0.104. The number of imidazole rings is 1. The summed E-state index contributed by atoms with van der Waals surface area (Å²) in [5, 5.41) is 4.66. The van der Waals surface area contributed by atoms with Crippen molar-refractivity contribution in [3.05, 3.63) is 45.6 Å². The highest BCUT2D eigenvalue weighted by molar-refractivity contribution is 7.89. The second-order valence-corrected chi connectivity index (χ2v) is 8.97. The zero-order chi connectivity index (χ0) is 22.6. The molecule has 0 amide bonds. The molecule has 0 aliphatic carbocycles. The molecule has 2 heterocycles. The van der Waals surface area contributed by atoms with E-state index in [0.29, 0.717) is 41.9 Å². The maximum atomic E-state index is 12.9. The fourth-order valence-electron chi connectivity index (χ4n) is 3.50. The van der Waals surface area contributed by atoms with Crippen LogP contribution in [-0.4, -0.2) is 48.3 Å². The Morgan fingerprint density at radius 1 is 1.19 bits per heavy atom. The van der Waals surface area contributed by atoms with Gasteiger partial charge in [0.1, 0.15) is 5.82 Å². The summed E-state index contributed by atoms with van der Waals surface area (Å²) in [7, 11) is -2.22. The van der Waals surface area contributed by atoms with Crippen molar-refractivity contribution in [2.75, 3.05) is 20.3 Å². The highest BCUT2D eigenvalue weighted by Crippen LogP contribution is 2.25. The molecule has 0 aliphatic rings. The maximum Gasteiger partial charge on any atom is 0.277 e. The van der Waals surface area contributed by atoms with Crippen molar-refractivity contribution in [2.24, 2.45) is 0 Å². The number of methoxy groups -OCH3 is 1. The van der Waals surface area contributed by atoms with E-state index in [1.807, 2.05) is 20.8 Å². The van der Waals surface area contributed by atoms with Crippen LogP contribution in [-0.2, 0) is 34.0 Å². The summed E-state index contributed by atoms with van der Waals surface area (Å²) in [5.74, 6) is 1.05. The average molecular weight is 448 g/mol. The molecular formula is C21H29N5O4S. The number of ether oxygens (including phenoxy) is 1. The van der Waals surface area contributed by atoms with Crippen molar-refractivity contribution >= 4 is 15.5 Å². The molecule has 31 heavy (non-hydrogen) atoms. The largest absolute Gasteiger partial charge is 0.383 e. The van der Waals surface area contributed by atoms with Gasteiger partial charge in [0.2, 0.25) is 10.0 Å². The van der Waals surface area contributed by atoms with Gasteiger partial charge in [0, 0.05) is 25.6 Å². The number of nitrogens with one attached hydrogen (secondary N) is 2. The molecule has 0 radical (unpaired) electrons. The molecule has 0 atom stereocenters. The molecule has 3 rings (SSSR count). The van der Waals surface area contributed by atoms with Gasteiger partial charge in [0.25, 0.3) is 5.56 Å². The van der Waals surface area contributed by atoms with Crippen LogP contribution in [0.5, 0.6) is 0 Å². The third-order valence-electron chi connectivity index (χ3n) is 5.08. The molecule has 0 unspecified atom stereocenters. The Bertz CT molecular complexity index is 1230. The predicted molar refractivity (Wildman–Crippen MR) is 119 cm³/mol. The first-order valence-corrected chi connectivity index (χ1v) is 12.0. The molecule has 0 bridgehead atoms.